The summed E-state index contributed by atoms with van der Waals surface area (Å²) in [6.45, 7) is 9.52. The smallest absolute Gasteiger partial charge is 0.341 e. The summed E-state index contributed by atoms with van der Waals surface area (Å²) in [6.07, 6.45) is -1.16. The van der Waals surface area contributed by atoms with E-state index >= 15 is 0 Å². The number of nitrogens with one attached hydrogen (secondary N) is 1. The number of rotatable bonds is 8. The molecule has 206 valence electrons. The number of fused-ring (bicyclic) bond motifs is 1. The molecule has 0 amide bonds. The molecule has 3 aromatic rings. The number of pyridine rings is 1. The first kappa shape index (κ1) is 29.5. The first-order valence-electron chi connectivity index (χ1n) is 12.2. The van der Waals surface area contributed by atoms with Crippen LogP contribution < -0.4 is 10.3 Å². The highest BCUT2D eigenvalue weighted by Crippen LogP contribution is 2.38. The number of methoxy groups -OCH3 is 1. The molecule has 0 bridgehead atoms. The third kappa shape index (κ3) is 6.15. The molecule has 3 rings (SSSR count). The summed E-state index contributed by atoms with van der Waals surface area (Å²) < 4.78 is 40.7. The molecule has 38 heavy (non-hydrogen) atoms. The van der Waals surface area contributed by atoms with E-state index < -0.39 is 27.9 Å². The SMILES string of the molecule is COC(=O)C(OC(C)(C)C)c1c(-c2ccc(C)c(C)c2)c2ccc(CNS(=O)(=O)N(C)C)cc2c(=O)n1C. The van der Waals surface area contributed by atoms with Gasteiger partial charge < -0.3 is 14.0 Å². The van der Waals surface area contributed by atoms with Gasteiger partial charge in [-0.2, -0.15) is 17.4 Å². The molecule has 0 saturated heterocycles. The van der Waals surface area contributed by atoms with Crippen LogP contribution in [0.4, 0.5) is 0 Å². The number of nitrogens with zero attached hydrogens (tertiary/aromatic N) is 2. The van der Waals surface area contributed by atoms with E-state index in [9.17, 15) is 18.0 Å². The van der Waals surface area contributed by atoms with Crippen LogP contribution in [0.25, 0.3) is 21.9 Å². The second-order valence-electron chi connectivity index (χ2n) is 10.5. The molecule has 0 aliphatic carbocycles. The maximum Gasteiger partial charge on any atom is 0.341 e. The Morgan fingerprint density at radius 1 is 1.05 bits per heavy atom. The van der Waals surface area contributed by atoms with Crippen LogP contribution in [0.1, 0.15) is 49.3 Å². The lowest BCUT2D eigenvalue weighted by Gasteiger charge is -2.29. The zero-order valence-electron chi connectivity index (χ0n) is 23.5. The summed E-state index contributed by atoms with van der Waals surface area (Å²) in [5, 5.41) is 1.02. The molecular weight excluding hydrogens is 506 g/mol. The second-order valence-corrected chi connectivity index (χ2v) is 12.5. The van der Waals surface area contributed by atoms with E-state index in [1.165, 1.54) is 25.8 Å². The molecule has 1 unspecified atom stereocenters. The van der Waals surface area contributed by atoms with Crippen LogP contribution in [-0.2, 0) is 38.1 Å². The van der Waals surface area contributed by atoms with Crippen molar-refractivity contribution in [3.8, 4) is 11.1 Å². The van der Waals surface area contributed by atoms with Gasteiger partial charge >= 0.3 is 5.97 Å². The lowest BCUT2D eigenvalue weighted by Crippen LogP contribution is -2.35. The van der Waals surface area contributed by atoms with E-state index in [0.717, 1.165) is 21.0 Å². The lowest BCUT2D eigenvalue weighted by atomic mass is 9.91. The topological polar surface area (TPSA) is 107 Å². The maximum atomic E-state index is 13.7. The van der Waals surface area contributed by atoms with Crippen molar-refractivity contribution < 1.29 is 22.7 Å². The molecule has 0 spiro atoms. The molecule has 1 atom stereocenters. The number of hydrogen-bond donors (Lipinski definition) is 1. The van der Waals surface area contributed by atoms with E-state index in [0.29, 0.717) is 27.6 Å². The highest BCUT2D eigenvalue weighted by Gasteiger charge is 2.34. The third-order valence-electron chi connectivity index (χ3n) is 6.38. The van der Waals surface area contributed by atoms with Crippen molar-refractivity contribution in [2.75, 3.05) is 21.2 Å². The molecule has 1 aromatic heterocycles. The molecule has 9 nitrogen and oxygen atoms in total. The molecule has 0 saturated carbocycles. The van der Waals surface area contributed by atoms with Crippen LogP contribution in [0.15, 0.2) is 41.2 Å². The van der Waals surface area contributed by atoms with Crippen molar-refractivity contribution >= 4 is 27.0 Å². The standard InChI is InChI=1S/C28H37N3O6S/c1-17-10-12-20(14-18(17)2)23-21-13-11-19(16-29-38(34,35)30(6)7)15-22(21)26(32)31(8)24(23)25(27(33)36-9)37-28(3,4)5/h10-15,25,29H,16H2,1-9H3. The van der Waals surface area contributed by atoms with E-state index in [-0.39, 0.29) is 12.1 Å². The van der Waals surface area contributed by atoms with Gasteiger partial charge in [0.1, 0.15) is 0 Å². The minimum absolute atomic E-state index is 0.0122. The average molecular weight is 544 g/mol. The van der Waals surface area contributed by atoms with E-state index in [2.05, 4.69) is 4.72 Å². The van der Waals surface area contributed by atoms with Crippen LogP contribution >= 0.6 is 0 Å². The lowest BCUT2D eigenvalue weighted by molar-refractivity contribution is -0.165. The van der Waals surface area contributed by atoms with Gasteiger partial charge in [-0.05, 0) is 68.3 Å². The number of ether oxygens (including phenoxy) is 2. The molecule has 0 fully saturated rings. The van der Waals surface area contributed by atoms with Crippen molar-refractivity contribution in [2.24, 2.45) is 7.05 Å². The minimum atomic E-state index is -3.64. The Kier molecular flexibility index (Phi) is 8.52. The Morgan fingerprint density at radius 3 is 2.26 bits per heavy atom. The van der Waals surface area contributed by atoms with E-state index in [1.807, 2.05) is 52.8 Å². The normalized spacial score (nSPS) is 13.2. The Bertz CT molecular complexity index is 1530. The number of aryl methyl sites for hydroxylation is 2. The highest BCUT2D eigenvalue weighted by atomic mass is 32.2. The summed E-state index contributed by atoms with van der Waals surface area (Å²) in [7, 11) is 2.12. The number of esters is 1. The molecule has 10 heteroatoms. The van der Waals surface area contributed by atoms with Crippen molar-refractivity contribution in [3.05, 3.63) is 69.1 Å². The van der Waals surface area contributed by atoms with Gasteiger partial charge in [-0.3, -0.25) is 4.79 Å². The predicted octanol–water partition coefficient (Wildman–Crippen LogP) is 3.75. The molecule has 1 heterocycles. The predicted molar refractivity (Wildman–Crippen MR) is 149 cm³/mol. The van der Waals surface area contributed by atoms with Gasteiger partial charge in [-0.25, -0.2) is 4.79 Å². The Morgan fingerprint density at radius 2 is 1.71 bits per heavy atom. The second kappa shape index (κ2) is 11.0. The summed E-state index contributed by atoms with van der Waals surface area (Å²) in [5.41, 5.74) is 3.60. The van der Waals surface area contributed by atoms with E-state index in [1.54, 1.807) is 25.2 Å². The zero-order valence-corrected chi connectivity index (χ0v) is 24.3. The quantitative estimate of drug-likeness (QED) is 0.434. The van der Waals surface area contributed by atoms with Crippen molar-refractivity contribution in [3.63, 3.8) is 0 Å². The number of carbonyl (C=O) groups excluding carboxylic acids is 1. The van der Waals surface area contributed by atoms with Gasteiger partial charge in [0.2, 0.25) is 0 Å². The largest absolute Gasteiger partial charge is 0.467 e. The van der Waals surface area contributed by atoms with Gasteiger partial charge in [0, 0.05) is 38.6 Å². The zero-order chi connectivity index (χ0) is 28.6. The molecule has 0 radical (unpaired) electrons. The molecular formula is C28H37N3O6S. The van der Waals surface area contributed by atoms with Crippen LogP contribution in [0, 0.1) is 13.8 Å². The van der Waals surface area contributed by atoms with Gasteiger partial charge in [0.15, 0.2) is 6.10 Å². The molecule has 1 N–H and O–H groups in total. The molecule has 0 aliphatic heterocycles. The summed E-state index contributed by atoms with van der Waals surface area (Å²) in [5.74, 6) is -0.617. The van der Waals surface area contributed by atoms with Gasteiger partial charge in [0.25, 0.3) is 15.8 Å². The fourth-order valence-electron chi connectivity index (χ4n) is 4.18. The summed E-state index contributed by atoms with van der Waals surface area (Å²) in [4.78, 5) is 26.8. The summed E-state index contributed by atoms with van der Waals surface area (Å²) >= 11 is 0. The Hall–Kier alpha value is -3.05. The monoisotopic (exact) mass is 543 g/mol. The first-order valence-corrected chi connectivity index (χ1v) is 13.7. The Balaban J connectivity index is 2.37. The van der Waals surface area contributed by atoms with Crippen molar-refractivity contribution in [2.45, 2.75) is 52.9 Å². The van der Waals surface area contributed by atoms with Crippen LogP contribution in [0.2, 0.25) is 0 Å². The third-order valence-corrected chi connectivity index (χ3v) is 7.85. The van der Waals surface area contributed by atoms with Gasteiger partial charge in [0.05, 0.1) is 18.4 Å². The number of aromatic nitrogens is 1. The van der Waals surface area contributed by atoms with Gasteiger partial charge in [-0.15, -0.1) is 0 Å². The van der Waals surface area contributed by atoms with Crippen LogP contribution in [0.3, 0.4) is 0 Å². The van der Waals surface area contributed by atoms with Crippen molar-refractivity contribution in [1.29, 1.82) is 0 Å². The number of benzene rings is 2. The fraction of sp³-hybridized carbons (Fsp3) is 0.429. The minimum Gasteiger partial charge on any atom is -0.467 e. The van der Waals surface area contributed by atoms with E-state index in [4.69, 9.17) is 9.47 Å². The maximum absolute atomic E-state index is 13.7. The molecule has 2 aromatic carbocycles. The molecule has 0 aliphatic rings. The Labute approximate surface area is 224 Å². The van der Waals surface area contributed by atoms with Crippen molar-refractivity contribution in [1.82, 2.24) is 13.6 Å². The highest BCUT2D eigenvalue weighted by molar-refractivity contribution is 7.87. The number of hydrogen-bond acceptors (Lipinski definition) is 6. The van der Waals surface area contributed by atoms with Crippen LogP contribution in [-0.4, -0.2) is 50.1 Å². The fourth-order valence-corrected chi connectivity index (χ4v) is 4.79. The van der Waals surface area contributed by atoms with Crippen LogP contribution in [0.5, 0.6) is 0 Å². The average Bonchev–Trinajstić information content (AvgIpc) is 2.84. The summed E-state index contributed by atoms with van der Waals surface area (Å²) in [6, 6.07) is 11.2. The number of carbonyl (C=O) groups is 1. The first-order chi connectivity index (χ1) is 17.6. The van der Waals surface area contributed by atoms with Gasteiger partial charge in [-0.1, -0.05) is 30.3 Å².